The lowest BCUT2D eigenvalue weighted by molar-refractivity contribution is 0.254. The van der Waals surface area contributed by atoms with Crippen molar-refractivity contribution in [2.24, 2.45) is 0 Å². The largest absolute Gasteiger partial charge is 0.496 e. The van der Waals surface area contributed by atoms with Crippen molar-refractivity contribution in [3.05, 3.63) is 46.5 Å². The average molecular weight is 330 g/mol. The lowest BCUT2D eigenvalue weighted by Gasteiger charge is -2.12. The van der Waals surface area contributed by atoms with Crippen LogP contribution in [-0.2, 0) is 13.2 Å². The molecule has 0 heterocycles. The number of ether oxygens (including phenoxy) is 2. The highest BCUT2D eigenvalue weighted by molar-refractivity contribution is 5.84. The van der Waals surface area contributed by atoms with Gasteiger partial charge in [0.1, 0.15) is 11.5 Å². The molecule has 24 heavy (non-hydrogen) atoms. The van der Waals surface area contributed by atoms with Gasteiger partial charge in [-0.2, -0.15) is 0 Å². The van der Waals surface area contributed by atoms with Crippen LogP contribution in [-0.4, -0.2) is 24.4 Å². The van der Waals surface area contributed by atoms with Gasteiger partial charge in [-0.05, 0) is 41.0 Å². The van der Waals surface area contributed by atoms with E-state index in [4.69, 9.17) is 20.9 Å². The van der Waals surface area contributed by atoms with E-state index in [0.717, 1.165) is 11.1 Å². The molecule has 6 N–H and O–H groups in total. The summed E-state index contributed by atoms with van der Waals surface area (Å²) in [5, 5.41) is 18.9. The summed E-state index contributed by atoms with van der Waals surface area (Å²) in [5.74, 6) is 1.05. The van der Waals surface area contributed by atoms with E-state index in [0.29, 0.717) is 34.0 Å². The number of hydrogen-bond donors (Lipinski definition) is 4. The summed E-state index contributed by atoms with van der Waals surface area (Å²) in [4.78, 5) is 0. The second-order valence-electron chi connectivity index (χ2n) is 5.19. The minimum atomic E-state index is -0.203. The van der Waals surface area contributed by atoms with E-state index in [2.05, 4.69) is 0 Å². The third kappa shape index (κ3) is 3.45. The Kier molecular flexibility index (Phi) is 5.68. The second kappa shape index (κ2) is 7.72. The van der Waals surface area contributed by atoms with Gasteiger partial charge in [0, 0.05) is 5.56 Å². The molecule has 6 nitrogen and oxygen atoms in total. The molecular weight excluding hydrogens is 308 g/mol. The Balaban J connectivity index is 2.41. The van der Waals surface area contributed by atoms with E-state index in [1.54, 1.807) is 18.2 Å². The zero-order valence-electron chi connectivity index (χ0n) is 13.7. The fraction of sp³-hybridized carbons (Fsp3) is 0.222. The van der Waals surface area contributed by atoms with Gasteiger partial charge in [-0.15, -0.1) is 0 Å². The van der Waals surface area contributed by atoms with Gasteiger partial charge in [-0.1, -0.05) is 12.2 Å². The minimum Gasteiger partial charge on any atom is -0.496 e. The molecule has 0 amide bonds. The van der Waals surface area contributed by atoms with Crippen LogP contribution in [0.2, 0.25) is 0 Å². The topological polar surface area (TPSA) is 111 Å². The highest BCUT2D eigenvalue weighted by Gasteiger charge is 2.10. The number of nitrogens with two attached hydrogens (primary N) is 2. The first-order chi connectivity index (χ1) is 11.5. The summed E-state index contributed by atoms with van der Waals surface area (Å²) in [7, 11) is 3.05. The SMILES string of the molecule is COc1ccc(/C=C\c2cc(CO)c(CO)c(OC)c2)c(N)c1N. The Morgan fingerprint density at radius 1 is 0.917 bits per heavy atom. The van der Waals surface area contributed by atoms with Gasteiger partial charge in [-0.3, -0.25) is 0 Å². The lowest BCUT2D eigenvalue weighted by Crippen LogP contribution is -2.00. The van der Waals surface area contributed by atoms with Crippen molar-refractivity contribution < 1.29 is 19.7 Å². The van der Waals surface area contributed by atoms with Crippen LogP contribution in [0.3, 0.4) is 0 Å². The van der Waals surface area contributed by atoms with Crippen LogP contribution >= 0.6 is 0 Å². The number of hydrogen-bond acceptors (Lipinski definition) is 6. The van der Waals surface area contributed by atoms with Gasteiger partial charge >= 0.3 is 0 Å². The predicted molar refractivity (Wildman–Crippen MR) is 95.6 cm³/mol. The van der Waals surface area contributed by atoms with E-state index < -0.39 is 0 Å². The Morgan fingerprint density at radius 3 is 2.21 bits per heavy atom. The van der Waals surface area contributed by atoms with E-state index in [9.17, 15) is 10.2 Å². The molecule has 0 fully saturated rings. The van der Waals surface area contributed by atoms with Crippen LogP contribution in [0.4, 0.5) is 11.4 Å². The van der Waals surface area contributed by atoms with E-state index in [-0.39, 0.29) is 13.2 Å². The lowest BCUT2D eigenvalue weighted by atomic mass is 10.0. The van der Waals surface area contributed by atoms with E-state index in [1.165, 1.54) is 14.2 Å². The number of benzene rings is 2. The Bertz CT molecular complexity index is 732. The molecule has 0 saturated carbocycles. The number of nitrogen functional groups attached to an aromatic ring is 2. The summed E-state index contributed by atoms with van der Waals surface area (Å²) in [6, 6.07) is 7.13. The Labute approximate surface area is 140 Å². The molecule has 0 spiro atoms. The van der Waals surface area contributed by atoms with Crippen LogP contribution in [0.15, 0.2) is 24.3 Å². The monoisotopic (exact) mass is 330 g/mol. The van der Waals surface area contributed by atoms with Gasteiger partial charge in [0.25, 0.3) is 0 Å². The third-order valence-electron chi connectivity index (χ3n) is 3.83. The molecule has 0 aliphatic carbocycles. The summed E-state index contributed by atoms with van der Waals surface area (Å²) in [6.07, 6.45) is 3.65. The average Bonchev–Trinajstić information content (AvgIpc) is 2.61. The maximum atomic E-state index is 9.48. The highest BCUT2D eigenvalue weighted by Crippen LogP contribution is 2.32. The summed E-state index contributed by atoms with van der Waals surface area (Å²) in [5.41, 5.74) is 15.5. The van der Waals surface area contributed by atoms with Crippen molar-refractivity contribution in [2.75, 3.05) is 25.7 Å². The highest BCUT2D eigenvalue weighted by atomic mass is 16.5. The van der Waals surface area contributed by atoms with E-state index >= 15 is 0 Å². The molecule has 2 rings (SSSR count). The fourth-order valence-corrected chi connectivity index (χ4v) is 2.47. The normalized spacial score (nSPS) is 11.0. The molecule has 0 saturated heterocycles. The molecule has 0 bridgehead atoms. The smallest absolute Gasteiger partial charge is 0.143 e. The molecule has 2 aromatic rings. The molecule has 0 aliphatic rings. The van der Waals surface area contributed by atoms with Gasteiger partial charge in [0.2, 0.25) is 0 Å². The van der Waals surface area contributed by atoms with Crippen LogP contribution in [0.25, 0.3) is 12.2 Å². The number of aliphatic hydroxyl groups excluding tert-OH is 2. The quantitative estimate of drug-likeness (QED) is 0.476. The maximum Gasteiger partial charge on any atom is 0.143 e. The van der Waals surface area contributed by atoms with Crippen molar-refractivity contribution >= 4 is 23.5 Å². The zero-order chi connectivity index (χ0) is 17.7. The zero-order valence-corrected chi connectivity index (χ0v) is 13.7. The number of aliphatic hydroxyl groups is 2. The molecule has 0 aliphatic heterocycles. The third-order valence-corrected chi connectivity index (χ3v) is 3.83. The van der Waals surface area contributed by atoms with Crippen molar-refractivity contribution in [2.45, 2.75) is 13.2 Å². The number of anilines is 2. The molecular formula is C18H22N2O4. The van der Waals surface area contributed by atoms with Crippen molar-refractivity contribution in [3.8, 4) is 11.5 Å². The molecule has 0 atom stereocenters. The first kappa shape index (κ1) is 17.7. The maximum absolute atomic E-state index is 9.48. The summed E-state index contributed by atoms with van der Waals surface area (Å²) < 4.78 is 10.4. The van der Waals surface area contributed by atoms with Gasteiger partial charge in [0.15, 0.2) is 0 Å². The number of methoxy groups -OCH3 is 2. The standard InChI is InChI=1S/C18H22N2O4/c1-23-15-6-5-12(17(19)18(15)20)4-3-11-7-13(9-21)14(10-22)16(8-11)24-2/h3-8,21-22H,9-10,19-20H2,1-2H3/b4-3-. The minimum absolute atomic E-state index is 0.189. The van der Waals surface area contributed by atoms with Crippen LogP contribution in [0.5, 0.6) is 11.5 Å². The fourth-order valence-electron chi connectivity index (χ4n) is 2.47. The van der Waals surface area contributed by atoms with Crippen molar-refractivity contribution in [3.63, 3.8) is 0 Å². The molecule has 6 heteroatoms. The van der Waals surface area contributed by atoms with Crippen molar-refractivity contribution in [1.82, 2.24) is 0 Å². The summed E-state index contributed by atoms with van der Waals surface area (Å²) >= 11 is 0. The van der Waals surface area contributed by atoms with E-state index in [1.807, 2.05) is 18.2 Å². The first-order valence-corrected chi connectivity index (χ1v) is 7.37. The predicted octanol–water partition coefficient (Wildman–Crippen LogP) is 2.02. The molecule has 0 aromatic heterocycles. The van der Waals surface area contributed by atoms with Gasteiger partial charge < -0.3 is 31.2 Å². The molecule has 0 unspecified atom stereocenters. The van der Waals surface area contributed by atoms with Crippen LogP contribution in [0.1, 0.15) is 22.3 Å². The first-order valence-electron chi connectivity index (χ1n) is 7.37. The van der Waals surface area contributed by atoms with Crippen LogP contribution in [0, 0.1) is 0 Å². The Hall–Kier alpha value is -2.70. The van der Waals surface area contributed by atoms with Gasteiger partial charge in [-0.25, -0.2) is 0 Å². The Morgan fingerprint density at radius 2 is 1.62 bits per heavy atom. The number of rotatable bonds is 6. The van der Waals surface area contributed by atoms with Crippen LogP contribution < -0.4 is 20.9 Å². The molecule has 128 valence electrons. The summed E-state index contributed by atoms with van der Waals surface area (Å²) in [6.45, 7) is -0.392. The molecule has 2 aromatic carbocycles. The second-order valence-corrected chi connectivity index (χ2v) is 5.19. The van der Waals surface area contributed by atoms with Gasteiger partial charge in [0.05, 0.1) is 38.8 Å². The molecule has 0 radical (unpaired) electrons. The van der Waals surface area contributed by atoms with Crippen molar-refractivity contribution in [1.29, 1.82) is 0 Å².